The summed E-state index contributed by atoms with van der Waals surface area (Å²) in [6.07, 6.45) is 46.3. The Morgan fingerprint density at radius 3 is 0.826 bits per heavy atom. The highest BCUT2D eigenvalue weighted by Gasteiger charge is 2.30. The number of ether oxygens (including phenoxy) is 4. The van der Waals surface area contributed by atoms with E-state index in [0.717, 1.165) is 109 Å². The zero-order valence-electron chi connectivity index (χ0n) is 55.4. The summed E-state index contributed by atoms with van der Waals surface area (Å²) in [5.41, 5.74) is 0. The number of hydrogen-bond donors (Lipinski definition) is 3. The number of rotatable bonds is 67. The maximum atomic E-state index is 13.0. The molecule has 0 aromatic carbocycles. The fraction of sp³-hybridized carbons (Fsp3) is 0.940. The number of unbranched alkanes of at least 4 members (excludes halogenated alkanes) is 38. The molecule has 0 rings (SSSR count). The molecule has 0 aliphatic rings. The molecular weight excluding hydrogens is 1140 g/mol. The van der Waals surface area contributed by atoms with Crippen LogP contribution in [0.3, 0.4) is 0 Å². The Kier molecular flexibility index (Phi) is 59.2. The van der Waals surface area contributed by atoms with Gasteiger partial charge in [0.2, 0.25) is 0 Å². The third kappa shape index (κ3) is 59.7. The van der Waals surface area contributed by atoms with Gasteiger partial charge < -0.3 is 33.8 Å². The summed E-state index contributed by atoms with van der Waals surface area (Å²) in [5.74, 6) is -1.27. The SMILES string of the molecule is CCCCCCCCCCCCCC(=O)OC[C@H](COP(=O)(O)OC[C@@H](O)COP(=O)(O)OC[C@@H](COC(=O)CCCCCCC)OC(=O)CCCCCCCCCC)OC(=O)CCCCCCCCCCCCCCCCCCCCC(C)CC. The molecule has 510 valence electrons. The highest BCUT2D eigenvalue weighted by atomic mass is 31.2. The third-order valence-electron chi connectivity index (χ3n) is 15.9. The van der Waals surface area contributed by atoms with Gasteiger partial charge in [-0.25, -0.2) is 9.13 Å². The first-order chi connectivity index (χ1) is 41.6. The number of phosphoric ester groups is 2. The van der Waals surface area contributed by atoms with Crippen LogP contribution in [-0.4, -0.2) is 96.7 Å². The highest BCUT2D eigenvalue weighted by Crippen LogP contribution is 2.45. The number of phosphoric acid groups is 2. The molecule has 0 amide bonds. The van der Waals surface area contributed by atoms with Crippen molar-refractivity contribution in [3.8, 4) is 0 Å². The Hall–Kier alpha value is -1.94. The maximum absolute atomic E-state index is 13.0. The predicted molar refractivity (Wildman–Crippen MR) is 345 cm³/mol. The van der Waals surface area contributed by atoms with E-state index in [9.17, 15) is 43.2 Å². The second-order valence-electron chi connectivity index (χ2n) is 24.5. The van der Waals surface area contributed by atoms with Gasteiger partial charge in [0.05, 0.1) is 26.4 Å². The second kappa shape index (κ2) is 60.6. The predicted octanol–water partition coefficient (Wildman–Crippen LogP) is 19.0. The Morgan fingerprint density at radius 1 is 0.326 bits per heavy atom. The fourth-order valence-electron chi connectivity index (χ4n) is 10.1. The van der Waals surface area contributed by atoms with Crippen molar-refractivity contribution in [3.05, 3.63) is 0 Å². The zero-order valence-corrected chi connectivity index (χ0v) is 57.2. The Morgan fingerprint density at radius 2 is 0.558 bits per heavy atom. The second-order valence-corrected chi connectivity index (χ2v) is 27.4. The Balaban J connectivity index is 5.05. The molecule has 0 aliphatic carbocycles. The molecule has 86 heavy (non-hydrogen) atoms. The maximum Gasteiger partial charge on any atom is 0.472 e. The van der Waals surface area contributed by atoms with Crippen LogP contribution in [0.15, 0.2) is 0 Å². The molecule has 0 saturated heterocycles. The number of carbonyl (C=O) groups excluding carboxylic acids is 4. The van der Waals surface area contributed by atoms with Crippen molar-refractivity contribution in [3.63, 3.8) is 0 Å². The lowest BCUT2D eigenvalue weighted by Gasteiger charge is -2.21. The lowest BCUT2D eigenvalue weighted by Crippen LogP contribution is -2.30. The summed E-state index contributed by atoms with van der Waals surface area (Å²) >= 11 is 0. The molecule has 6 atom stereocenters. The van der Waals surface area contributed by atoms with Crippen LogP contribution in [0, 0.1) is 5.92 Å². The van der Waals surface area contributed by atoms with Crippen molar-refractivity contribution in [1.29, 1.82) is 0 Å². The van der Waals surface area contributed by atoms with Crippen molar-refractivity contribution in [1.82, 2.24) is 0 Å². The van der Waals surface area contributed by atoms with Gasteiger partial charge in [-0.15, -0.1) is 0 Å². The molecule has 0 spiro atoms. The molecule has 0 heterocycles. The molecule has 0 aromatic heterocycles. The van der Waals surface area contributed by atoms with Gasteiger partial charge in [-0.3, -0.25) is 37.3 Å². The molecular formula is C67H130O17P2. The molecule has 3 unspecified atom stereocenters. The summed E-state index contributed by atoms with van der Waals surface area (Å²) in [4.78, 5) is 71.9. The molecule has 0 aliphatic heterocycles. The van der Waals surface area contributed by atoms with Crippen molar-refractivity contribution in [2.75, 3.05) is 39.6 Å². The molecule has 3 N–H and O–H groups in total. The number of hydrogen-bond acceptors (Lipinski definition) is 15. The van der Waals surface area contributed by atoms with Crippen molar-refractivity contribution < 1.29 is 80.2 Å². The highest BCUT2D eigenvalue weighted by molar-refractivity contribution is 7.47. The average Bonchev–Trinajstić information content (AvgIpc) is 3.58. The van der Waals surface area contributed by atoms with Gasteiger partial charge in [0.1, 0.15) is 19.3 Å². The third-order valence-corrected chi connectivity index (χ3v) is 17.8. The van der Waals surface area contributed by atoms with Crippen molar-refractivity contribution in [2.24, 2.45) is 5.92 Å². The molecule has 0 aromatic rings. The monoisotopic (exact) mass is 1270 g/mol. The van der Waals surface area contributed by atoms with E-state index in [1.165, 1.54) is 154 Å². The van der Waals surface area contributed by atoms with Gasteiger partial charge in [-0.1, -0.05) is 291 Å². The average molecular weight is 1270 g/mol. The summed E-state index contributed by atoms with van der Waals surface area (Å²) in [7, 11) is -9.88. The van der Waals surface area contributed by atoms with Crippen LogP contribution in [0.4, 0.5) is 0 Å². The van der Waals surface area contributed by atoms with Gasteiger partial charge in [0.15, 0.2) is 12.2 Å². The van der Waals surface area contributed by atoms with E-state index in [-0.39, 0.29) is 25.7 Å². The number of aliphatic hydroxyl groups is 1. The topological polar surface area (TPSA) is 237 Å². The van der Waals surface area contributed by atoms with Gasteiger partial charge in [0, 0.05) is 25.7 Å². The Labute approximate surface area is 524 Å². The summed E-state index contributed by atoms with van der Waals surface area (Å²) in [5, 5.41) is 10.5. The summed E-state index contributed by atoms with van der Waals surface area (Å²) < 4.78 is 67.8. The van der Waals surface area contributed by atoms with E-state index in [2.05, 4.69) is 34.6 Å². The lowest BCUT2D eigenvalue weighted by atomic mass is 9.99. The van der Waals surface area contributed by atoms with Crippen LogP contribution < -0.4 is 0 Å². The first-order valence-corrected chi connectivity index (χ1v) is 38.2. The fourth-order valence-corrected chi connectivity index (χ4v) is 11.7. The van der Waals surface area contributed by atoms with E-state index in [1.807, 2.05) is 0 Å². The first-order valence-electron chi connectivity index (χ1n) is 35.2. The van der Waals surface area contributed by atoms with Crippen LogP contribution in [-0.2, 0) is 65.4 Å². The van der Waals surface area contributed by atoms with Gasteiger partial charge in [-0.2, -0.15) is 0 Å². The van der Waals surface area contributed by atoms with Crippen molar-refractivity contribution >= 4 is 39.5 Å². The van der Waals surface area contributed by atoms with E-state index < -0.39 is 97.5 Å². The smallest absolute Gasteiger partial charge is 0.462 e. The van der Waals surface area contributed by atoms with Crippen LogP contribution in [0.1, 0.15) is 343 Å². The molecule has 0 radical (unpaired) electrons. The molecule has 0 fully saturated rings. The number of carbonyl (C=O) groups is 4. The minimum atomic E-state index is -4.94. The number of esters is 4. The standard InChI is InChI=1S/C67H130O17P2/c1-6-10-13-16-18-20-29-33-37-41-46-51-65(70)78-57-63(84-67(72)53-48-43-38-34-31-28-26-24-22-21-23-25-27-30-32-35-40-44-49-60(5)9-4)59-82-86(75,76)80-55-61(68)54-79-85(73,74)81-58-62(56-77-64(69)50-45-39-15-12-8-3)83-66(71)52-47-42-36-19-17-14-11-7-2/h60-63,68H,6-59H2,1-5H3,(H,73,74)(H,75,76)/t60?,61-,62+,63+/m0/s1. The van der Waals surface area contributed by atoms with E-state index in [1.54, 1.807) is 0 Å². The quantitative estimate of drug-likeness (QED) is 0.0222. The summed E-state index contributed by atoms with van der Waals surface area (Å²) in [6, 6.07) is 0. The molecule has 17 nitrogen and oxygen atoms in total. The van der Waals surface area contributed by atoms with Crippen LogP contribution >= 0.6 is 15.6 Å². The van der Waals surface area contributed by atoms with E-state index in [0.29, 0.717) is 25.7 Å². The van der Waals surface area contributed by atoms with Crippen LogP contribution in [0.2, 0.25) is 0 Å². The zero-order chi connectivity index (χ0) is 63.5. The summed E-state index contributed by atoms with van der Waals surface area (Å²) in [6.45, 7) is 7.16. The van der Waals surface area contributed by atoms with Gasteiger partial charge in [-0.05, 0) is 31.6 Å². The van der Waals surface area contributed by atoms with Crippen LogP contribution in [0.5, 0.6) is 0 Å². The molecule has 0 saturated carbocycles. The Bertz CT molecular complexity index is 1670. The van der Waals surface area contributed by atoms with E-state index in [4.69, 9.17) is 37.0 Å². The van der Waals surface area contributed by atoms with Crippen LogP contribution in [0.25, 0.3) is 0 Å². The number of aliphatic hydroxyl groups excluding tert-OH is 1. The molecule has 19 heteroatoms. The van der Waals surface area contributed by atoms with Gasteiger partial charge >= 0.3 is 39.5 Å². The van der Waals surface area contributed by atoms with Crippen molar-refractivity contribution in [2.45, 2.75) is 361 Å². The lowest BCUT2D eigenvalue weighted by molar-refractivity contribution is -0.161. The minimum absolute atomic E-state index is 0.104. The molecule has 0 bridgehead atoms. The first kappa shape index (κ1) is 84.1. The normalized spacial score (nSPS) is 14.5. The van der Waals surface area contributed by atoms with E-state index >= 15 is 0 Å². The van der Waals surface area contributed by atoms with Gasteiger partial charge in [0.25, 0.3) is 0 Å². The minimum Gasteiger partial charge on any atom is -0.462 e. The largest absolute Gasteiger partial charge is 0.472 e.